The van der Waals surface area contributed by atoms with E-state index < -0.39 is 37.0 Å². The molecule has 0 radical (unpaired) electrons. The van der Waals surface area contributed by atoms with E-state index in [-0.39, 0.29) is 0 Å². The maximum absolute atomic E-state index is 10.7. The molecule has 0 aromatic carbocycles. The van der Waals surface area contributed by atoms with E-state index in [1.165, 1.54) is 0 Å². The molecule has 6 heteroatoms. The highest BCUT2D eigenvalue weighted by molar-refractivity contribution is 5.87. The summed E-state index contributed by atoms with van der Waals surface area (Å²) in [5.74, 6) is -2.43. The van der Waals surface area contributed by atoms with Gasteiger partial charge in [-0.15, -0.1) is 0 Å². The average Bonchev–Trinajstić information content (AvgIpc) is 2.02. The van der Waals surface area contributed by atoms with Crippen molar-refractivity contribution in [1.29, 1.82) is 0 Å². The van der Waals surface area contributed by atoms with Crippen LogP contribution in [0.1, 0.15) is 6.42 Å². The Kier molecular flexibility index (Phi) is 4.42. The Morgan fingerprint density at radius 2 is 1.67 bits per heavy atom. The number of Topliss-reactive ketones (excluding diaryl/α,β-unsaturated/α-hetero) is 1. The summed E-state index contributed by atoms with van der Waals surface area (Å²) in [6, 6.07) is 0. The number of carbonyl (C=O) groups excluding carboxylic acids is 1. The first kappa shape index (κ1) is 11.0. The minimum atomic E-state index is -1.82. The van der Waals surface area contributed by atoms with Crippen LogP contribution in [-0.2, 0) is 9.59 Å². The molecule has 0 bridgehead atoms. The number of carbonyl (C=O) groups is 2. The quantitative estimate of drug-likeness (QED) is 0.378. The zero-order valence-electron chi connectivity index (χ0n) is 6.17. The number of hydrogen-bond acceptors (Lipinski definition) is 5. The van der Waals surface area contributed by atoms with Gasteiger partial charge in [0, 0.05) is 6.42 Å². The Morgan fingerprint density at radius 3 is 2.00 bits per heavy atom. The smallest absolute Gasteiger partial charge is 0.332 e. The molecule has 12 heavy (non-hydrogen) atoms. The molecule has 2 atom stereocenters. The van der Waals surface area contributed by atoms with Crippen molar-refractivity contribution < 1.29 is 30.0 Å². The summed E-state index contributed by atoms with van der Waals surface area (Å²) in [5, 5.41) is 33.7. The van der Waals surface area contributed by atoms with Crippen LogP contribution in [0, 0.1) is 0 Å². The number of carboxylic acid groups (broad SMARTS) is 1. The van der Waals surface area contributed by atoms with Crippen molar-refractivity contribution in [2.24, 2.45) is 0 Å². The number of carboxylic acids is 1. The molecule has 0 aliphatic rings. The lowest BCUT2D eigenvalue weighted by molar-refractivity contribution is -0.150. The summed E-state index contributed by atoms with van der Waals surface area (Å²) in [4.78, 5) is 20.7. The van der Waals surface area contributed by atoms with Gasteiger partial charge in [0.1, 0.15) is 6.10 Å². The topological polar surface area (TPSA) is 115 Å². The van der Waals surface area contributed by atoms with Crippen LogP contribution in [0.25, 0.3) is 0 Å². The molecular weight excluding hydrogens is 168 g/mol. The first-order chi connectivity index (χ1) is 5.49. The van der Waals surface area contributed by atoms with E-state index in [0.717, 1.165) is 0 Å². The van der Waals surface area contributed by atoms with Gasteiger partial charge in [-0.25, -0.2) is 4.79 Å². The molecule has 0 fully saturated rings. The molecule has 0 rings (SSSR count). The normalized spacial score (nSPS) is 15.2. The van der Waals surface area contributed by atoms with Gasteiger partial charge in [0.05, 0.1) is 6.61 Å². The van der Waals surface area contributed by atoms with Gasteiger partial charge >= 0.3 is 5.97 Å². The predicted octanol–water partition coefficient (Wildman–Crippen LogP) is -2.26. The molecule has 0 aromatic heterocycles. The van der Waals surface area contributed by atoms with Crippen molar-refractivity contribution in [3.05, 3.63) is 0 Å². The number of aliphatic carboxylic acids is 1. The van der Waals surface area contributed by atoms with Gasteiger partial charge in [0.15, 0.2) is 11.9 Å². The first-order valence-electron chi connectivity index (χ1n) is 3.21. The minimum Gasteiger partial charge on any atom is -0.479 e. The second kappa shape index (κ2) is 4.81. The van der Waals surface area contributed by atoms with Gasteiger partial charge in [-0.3, -0.25) is 4.79 Å². The number of aliphatic hydroxyl groups is 3. The van der Waals surface area contributed by atoms with Crippen LogP contribution in [0.4, 0.5) is 0 Å². The van der Waals surface area contributed by atoms with Crippen LogP contribution in [0.3, 0.4) is 0 Å². The lowest BCUT2D eigenvalue weighted by Gasteiger charge is -2.07. The number of aliphatic hydroxyl groups excluding tert-OH is 3. The van der Waals surface area contributed by atoms with Crippen molar-refractivity contribution in [3.63, 3.8) is 0 Å². The average molecular weight is 178 g/mol. The third kappa shape index (κ3) is 3.42. The maximum atomic E-state index is 10.7. The van der Waals surface area contributed by atoms with Crippen LogP contribution in [0.2, 0.25) is 0 Å². The number of hydrogen-bond donors (Lipinski definition) is 4. The summed E-state index contributed by atoms with van der Waals surface area (Å²) in [6.45, 7) is -0.773. The van der Waals surface area contributed by atoms with Gasteiger partial charge in [0.25, 0.3) is 0 Å². The lowest BCUT2D eigenvalue weighted by atomic mass is 10.1. The van der Waals surface area contributed by atoms with E-state index in [1.54, 1.807) is 0 Å². The largest absolute Gasteiger partial charge is 0.479 e. The number of ketones is 1. The van der Waals surface area contributed by atoms with E-state index in [0.29, 0.717) is 0 Å². The zero-order chi connectivity index (χ0) is 9.72. The van der Waals surface area contributed by atoms with Crippen LogP contribution < -0.4 is 0 Å². The monoisotopic (exact) mass is 178 g/mol. The van der Waals surface area contributed by atoms with Crippen LogP contribution in [0.5, 0.6) is 0 Å². The van der Waals surface area contributed by atoms with Gasteiger partial charge in [-0.05, 0) is 0 Å². The van der Waals surface area contributed by atoms with Crippen LogP contribution >= 0.6 is 0 Å². The molecule has 0 aromatic rings. The molecule has 0 spiro atoms. The van der Waals surface area contributed by atoms with Gasteiger partial charge < -0.3 is 20.4 Å². The molecule has 0 unspecified atom stereocenters. The molecule has 0 saturated carbocycles. The molecule has 0 aliphatic carbocycles. The third-order valence-electron chi connectivity index (χ3n) is 1.22. The molecule has 4 N–H and O–H groups in total. The summed E-state index contributed by atoms with van der Waals surface area (Å²) in [5.41, 5.74) is 0. The first-order valence-corrected chi connectivity index (χ1v) is 3.21. The van der Waals surface area contributed by atoms with Crippen molar-refractivity contribution in [3.8, 4) is 0 Å². The fraction of sp³-hybridized carbons (Fsp3) is 0.667. The van der Waals surface area contributed by atoms with Crippen molar-refractivity contribution >= 4 is 11.8 Å². The summed E-state index contributed by atoms with van der Waals surface area (Å²) in [6.07, 6.45) is -4.13. The Balaban J connectivity index is 3.92. The minimum absolute atomic E-state index is 0.697. The number of rotatable bonds is 5. The van der Waals surface area contributed by atoms with Crippen molar-refractivity contribution in [1.82, 2.24) is 0 Å². The second-order valence-electron chi connectivity index (χ2n) is 2.22. The molecule has 0 aliphatic heterocycles. The van der Waals surface area contributed by atoms with E-state index >= 15 is 0 Å². The zero-order valence-corrected chi connectivity index (χ0v) is 6.17. The Bertz CT molecular complexity index is 177. The van der Waals surface area contributed by atoms with E-state index in [4.69, 9.17) is 20.4 Å². The highest BCUT2D eigenvalue weighted by atomic mass is 16.4. The van der Waals surface area contributed by atoms with Crippen molar-refractivity contribution in [2.75, 3.05) is 6.61 Å². The van der Waals surface area contributed by atoms with E-state index in [2.05, 4.69) is 0 Å². The van der Waals surface area contributed by atoms with E-state index in [1.807, 2.05) is 0 Å². The molecule has 0 heterocycles. The SMILES string of the molecule is O=C(C[C@H](O)C(=O)O)[C@H](O)CO. The summed E-state index contributed by atoms with van der Waals surface area (Å²) >= 11 is 0. The molecule has 0 saturated heterocycles. The standard InChI is InChI=1S/C6H10O6/c7-2-5(10)3(8)1-4(9)6(11)12/h4-5,7,9-10H,1-2H2,(H,11,12)/t4-,5+/m0/s1. The Labute approximate surface area is 68.1 Å². The van der Waals surface area contributed by atoms with Gasteiger partial charge in [-0.1, -0.05) is 0 Å². The third-order valence-corrected chi connectivity index (χ3v) is 1.22. The van der Waals surface area contributed by atoms with Crippen LogP contribution in [-0.4, -0.2) is 51.0 Å². The Morgan fingerprint density at radius 1 is 1.17 bits per heavy atom. The summed E-state index contributed by atoms with van der Waals surface area (Å²) < 4.78 is 0. The fourth-order valence-corrected chi connectivity index (χ4v) is 0.516. The Hall–Kier alpha value is -0.980. The molecule has 6 nitrogen and oxygen atoms in total. The van der Waals surface area contributed by atoms with Gasteiger partial charge in [0.2, 0.25) is 0 Å². The highest BCUT2D eigenvalue weighted by Gasteiger charge is 2.22. The second-order valence-corrected chi connectivity index (χ2v) is 2.22. The fourth-order valence-electron chi connectivity index (χ4n) is 0.516. The molecular formula is C6H10O6. The van der Waals surface area contributed by atoms with E-state index in [9.17, 15) is 9.59 Å². The molecule has 70 valence electrons. The lowest BCUT2D eigenvalue weighted by Crippen LogP contribution is -2.31. The maximum Gasteiger partial charge on any atom is 0.332 e. The van der Waals surface area contributed by atoms with Gasteiger partial charge in [-0.2, -0.15) is 0 Å². The predicted molar refractivity (Wildman–Crippen MR) is 36.4 cm³/mol. The summed E-state index contributed by atoms with van der Waals surface area (Å²) in [7, 11) is 0. The van der Waals surface area contributed by atoms with Crippen molar-refractivity contribution in [2.45, 2.75) is 18.6 Å². The molecule has 0 amide bonds. The highest BCUT2D eigenvalue weighted by Crippen LogP contribution is 1.97. The van der Waals surface area contributed by atoms with Crippen LogP contribution in [0.15, 0.2) is 0 Å².